The van der Waals surface area contributed by atoms with Crippen molar-refractivity contribution in [3.05, 3.63) is 23.0 Å². The third-order valence-electron chi connectivity index (χ3n) is 4.48. The van der Waals surface area contributed by atoms with Crippen LogP contribution in [0.25, 0.3) is 0 Å². The van der Waals surface area contributed by atoms with E-state index in [2.05, 4.69) is 36.7 Å². The number of nitrogens with one attached hydrogen (secondary N) is 1. The van der Waals surface area contributed by atoms with Crippen LogP contribution in [0.2, 0.25) is 0 Å². The fourth-order valence-corrected chi connectivity index (χ4v) is 3.40. The third-order valence-corrected chi connectivity index (χ3v) is 4.48. The maximum Gasteiger partial charge on any atom is 0.126 e. The molecule has 4 heteroatoms. The number of pyridine rings is 1. The SMILES string of the molecule is Cc1cc(N2CC(C)CC(C)C2C)c(C(=N)N)c(C)n1. The first-order valence-electron chi connectivity index (χ1n) is 7.40. The van der Waals surface area contributed by atoms with Gasteiger partial charge in [-0.2, -0.15) is 0 Å². The van der Waals surface area contributed by atoms with Gasteiger partial charge in [0.05, 0.1) is 16.9 Å². The summed E-state index contributed by atoms with van der Waals surface area (Å²) in [7, 11) is 0. The van der Waals surface area contributed by atoms with Gasteiger partial charge in [0.25, 0.3) is 0 Å². The molecule has 1 fully saturated rings. The average Bonchev–Trinajstić information content (AvgIpc) is 2.32. The van der Waals surface area contributed by atoms with Crippen LogP contribution in [0.3, 0.4) is 0 Å². The van der Waals surface area contributed by atoms with E-state index in [1.165, 1.54) is 6.42 Å². The first-order valence-corrected chi connectivity index (χ1v) is 7.40. The predicted molar refractivity (Wildman–Crippen MR) is 84.5 cm³/mol. The minimum absolute atomic E-state index is 0.114. The lowest BCUT2D eigenvalue weighted by Crippen LogP contribution is -2.46. The van der Waals surface area contributed by atoms with Crippen LogP contribution in [0.4, 0.5) is 5.69 Å². The van der Waals surface area contributed by atoms with Gasteiger partial charge >= 0.3 is 0 Å². The number of piperidine rings is 1. The molecule has 3 atom stereocenters. The number of amidine groups is 1. The minimum Gasteiger partial charge on any atom is -0.384 e. The molecule has 1 aromatic rings. The molecular formula is C16H26N4. The Bertz CT molecular complexity index is 523. The summed E-state index contributed by atoms with van der Waals surface area (Å²) >= 11 is 0. The second-order valence-electron chi connectivity index (χ2n) is 6.37. The van der Waals surface area contributed by atoms with Crippen molar-refractivity contribution in [2.75, 3.05) is 11.4 Å². The number of rotatable bonds is 2. The molecule has 0 saturated carbocycles. The van der Waals surface area contributed by atoms with Gasteiger partial charge in [-0.25, -0.2) is 0 Å². The molecule has 0 aromatic carbocycles. The third kappa shape index (κ3) is 2.65. The predicted octanol–water partition coefficient (Wildman–Crippen LogP) is 2.85. The number of nitrogen functional groups attached to an aromatic ring is 1. The molecule has 4 nitrogen and oxygen atoms in total. The highest BCUT2D eigenvalue weighted by Gasteiger charge is 2.31. The van der Waals surface area contributed by atoms with Gasteiger partial charge in [-0.1, -0.05) is 13.8 Å². The summed E-state index contributed by atoms with van der Waals surface area (Å²) in [6.45, 7) is 11.8. The normalized spacial score (nSPS) is 26.6. The number of hydrogen-bond acceptors (Lipinski definition) is 3. The first-order chi connectivity index (χ1) is 9.31. The molecule has 110 valence electrons. The fourth-order valence-electron chi connectivity index (χ4n) is 3.40. The molecule has 0 radical (unpaired) electrons. The Morgan fingerprint density at radius 2 is 2.00 bits per heavy atom. The monoisotopic (exact) mass is 274 g/mol. The smallest absolute Gasteiger partial charge is 0.126 e. The zero-order valence-corrected chi connectivity index (χ0v) is 13.2. The minimum atomic E-state index is 0.114. The largest absolute Gasteiger partial charge is 0.384 e. The molecule has 2 heterocycles. The van der Waals surface area contributed by atoms with Gasteiger partial charge in [0.15, 0.2) is 0 Å². The number of aromatic nitrogens is 1. The molecule has 0 amide bonds. The summed E-state index contributed by atoms with van der Waals surface area (Å²) in [5, 5.41) is 7.88. The van der Waals surface area contributed by atoms with Crippen LogP contribution in [0.5, 0.6) is 0 Å². The summed E-state index contributed by atoms with van der Waals surface area (Å²) in [4.78, 5) is 6.88. The molecule has 0 aliphatic carbocycles. The number of anilines is 1. The van der Waals surface area contributed by atoms with Gasteiger partial charge in [0, 0.05) is 18.3 Å². The Balaban J connectivity index is 2.53. The summed E-state index contributed by atoms with van der Waals surface area (Å²) in [6, 6.07) is 2.54. The van der Waals surface area contributed by atoms with Crippen LogP contribution < -0.4 is 10.6 Å². The Labute approximate surface area is 121 Å². The van der Waals surface area contributed by atoms with E-state index < -0.39 is 0 Å². The Morgan fingerprint density at radius 1 is 1.35 bits per heavy atom. The van der Waals surface area contributed by atoms with Crippen LogP contribution in [0, 0.1) is 31.1 Å². The van der Waals surface area contributed by atoms with Crippen molar-refractivity contribution in [2.24, 2.45) is 17.6 Å². The van der Waals surface area contributed by atoms with Crippen LogP contribution in [0.1, 0.15) is 44.1 Å². The van der Waals surface area contributed by atoms with E-state index in [1.54, 1.807) is 0 Å². The maximum atomic E-state index is 7.88. The van der Waals surface area contributed by atoms with Gasteiger partial charge in [0.2, 0.25) is 0 Å². The number of nitrogens with two attached hydrogens (primary N) is 1. The van der Waals surface area contributed by atoms with Crippen LogP contribution in [-0.4, -0.2) is 23.4 Å². The Morgan fingerprint density at radius 3 is 2.60 bits per heavy atom. The van der Waals surface area contributed by atoms with Crippen molar-refractivity contribution >= 4 is 11.5 Å². The van der Waals surface area contributed by atoms with Crippen molar-refractivity contribution in [2.45, 2.75) is 47.1 Å². The fraction of sp³-hybridized carbons (Fsp3) is 0.625. The van der Waals surface area contributed by atoms with Crippen LogP contribution in [-0.2, 0) is 0 Å². The lowest BCUT2D eigenvalue weighted by Gasteiger charge is -2.43. The van der Waals surface area contributed by atoms with Crippen LogP contribution >= 0.6 is 0 Å². The second kappa shape index (κ2) is 5.43. The Hall–Kier alpha value is -1.58. The molecule has 0 spiro atoms. The molecular weight excluding hydrogens is 248 g/mol. The molecule has 3 unspecified atom stereocenters. The van der Waals surface area contributed by atoms with Gasteiger partial charge < -0.3 is 10.6 Å². The van der Waals surface area contributed by atoms with E-state index in [4.69, 9.17) is 11.1 Å². The zero-order valence-electron chi connectivity index (χ0n) is 13.2. The Kier molecular flexibility index (Phi) is 4.02. The average molecular weight is 274 g/mol. The molecule has 2 rings (SSSR count). The molecule has 20 heavy (non-hydrogen) atoms. The summed E-state index contributed by atoms with van der Waals surface area (Å²) < 4.78 is 0. The summed E-state index contributed by atoms with van der Waals surface area (Å²) in [5.74, 6) is 1.42. The van der Waals surface area contributed by atoms with Gasteiger partial charge in [-0.05, 0) is 45.1 Å². The van der Waals surface area contributed by atoms with E-state index >= 15 is 0 Å². The topological polar surface area (TPSA) is 66.0 Å². The van der Waals surface area contributed by atoms with E-state index in [0.29, 0.717) is 17.9 Å². The molecule has 0 bridgehead atoms. The van der Waals surface area contributed by atoms with E-state index in [1.807, 2.05) is 13.8 Å². The lowest BCUT2D eigenvalue weighted by atomic mass is 9.85. The van der Waals surface area contributed by atoms with Crippen molar-refractivity contribution in [3.8, 4) is 0 Å². The number of nitrogens with zero attached hydrogens (tertiary/aromatic N) is 2. The molecule has 1 aliphatic heterocycles. The highest BCUT2D eigenvalue weighted by Crippen LogP contribution is 2.34. The summed E-state index contributed by atoms with van der Waals surface area (Å²) in [5.41, 5.74) is 9.51. The maximum absolute atomic E-state index is 7.88. The molecule has 1 aliphatic rings. The van der Waals surface area contributed by atoms with Gasteiger partial charge in [0.1, 0.15) is 5.84 Å². The number of aryl methyl sites for hydroxylation is 2. The second-order valence-corrected chi connectivity index (χ2v) is 6.37. The van der Waals surface area contributed by atoms with E-state index in [0.717, 1.165) is 29.2 Å². The number of hydrogen-bond donors (Lipinski definition) is 2. The van der Waals surface area contributed by atoms with Gasteiger partial charge in [-0.3, -0.25) is 10.4 Å². The molecule has 3 N–H and O–H groups in total. The lowest BCUT2D eigenvalue weighted by molar-refractivity contribution is 0.297. The van der Waals surface area contributed by atoms with Crippen LogP contribution in [0.15, 0.2) is 6.07 Å². The first kappa shape index (κ1) is 14.8. The summed E-state index contributed by atoms with van der Waals surface area (Å²) in [6.07, 6.45) is 1.26. The highest BCUT2D eigenvalue weighted by atomic mass is 15.2. The van der Waals surface area contributed by atoms with Crippen molar-refractivity contribution in [3.63, 3.8) is 0 Å². The van der Waals surface area contributed by atoms with Gasteiger partial charge in [-0.15, -0.1) is 0 Å². The van der Waals surface area contributed by atoms with Crippen molar-refractivity contribution in [1.82, 2.24) is 4.98 Å². The quantitative estimate of drug-likeness (QED) is 0.644. The highest BCUT2D eigenvalue weighted by molar-refractivity contribution is 6.01. The molecule has 1 aromatic heterocycles. The molecule has 1 saturated heterocycles. The standard InChI is InChI=1S/C16H26N4/c1-9-6-10(2)13(5)20(8-9)14-7-11(3)19-12(4)15(14)16(17)18/h7,9-10,13H,6,8H2,1-5H3,(H3,17,18). The van der Waals surface area contributed by atoms with Crippen molar-refractivity contribution < 1.29 is 0 Å². The zero-order chi connectivity index (χ0) is 15.0. The van der Waals surface area contributed by atoms with Crippen molar-refractivity contribution in [1.29, 1.82) is 5.41 Å². The van der Waals surface area contributed by atoms with E-state index in [-0.39, 0.29) is 5.84 Å². The van der Waals surface area contributed by atoms with E-state index in [9.17, 15) is 0 Å².